The summed E-state index contributed by atoms with van der Waals surface area (Å²) < 4.78 is 5.56. The highest BCUT2D eigenvalue weighted by molar-refractivity contribution is 7.80. The molecule has 1 aromatic heterocycles. The van der Waals surface area contributed by atoms with Crippen LogP contribution in [0.1, 0.15) is 16.1 Å². The number of aliphatic hydroxyl groups is 1. The maximum Gasteiger partial charge on any atom is 0.257 e. The lowest BCUT2D eigenvalue weighted by molar-refractivity contribution is 0.0977. The molecule has 7 heteroatoms. The zero-order valence-electron chi connectivity index (χ0n) is 16.8. The van der Waals surface area contributed by atoms with Crippen LogP contribution in [0.25, 0.3) is 22.5 Å². The third kappa shape index (κ3) is 5.06. The third-order valence-corrected chi connectivity index (χ3v) is 5.32. The second-order valence-electron chi connectivity index (χ2n) is 6.97. The van der Waals surface area contributed by atoms with Crippen molar-refractivity contribution in [2.75, 3.05) is 5.32 Å². The lowest BCUT2D eigenvalue weighted by Gasteiger charge is -2.11. The predicted molar refractivity (Wildman–Crippen MR) is 131 cm³/mol. The summed E-state index contributed by atoms with van der Waals surface area (Å²) in [5.41, 5.74) is 3.88. The van der Waals surface area contributed by atoms with Crippen LogP contribution in [0, 0.1) is 0 Å². The van der Waals surface area contributed by atoms with Crippen molar-refractivity contribution >= 4 is 40.5 Å². The van der Waals surface area contributed by atoms with Gasteiger partial charge in [0, 0.05) is 16.8 Å². The molecule has 0 aliphatic heterocycles. The van der Waals surface area contributed by atoms with Crippen LogP contribution in [-0.2, 0) is 6.61 Å². The van der Waals surface area contributed by atoms with E-state index in [2.05, 4.69) is 10.6 Å². The van der Waals surface area contributed by atoms with Crippen molar-refractivity contribution in [3.8, 4) is 22.5 Å². The van der Waals surface area contributed by atoms with E-state index in [1.54, 1.807) is 42.5 Å². The SMILES string of the molecule is O=C(NC(=S)Nc1ccc(Cl)c(-c2ccc(CO)o2)c1)c1ccc(-c2ccccc2)cc1. The van der Waals surface area contributed by atoms with Gasteiger partial charge < -0.3 is 14.8 Å². The predicted octanol–water partition coefficient (Wildman–Crippen LogP) is 5.89. The molecule has 1 amide bonds. The first-order chi connectivity index (χ1) is 15.5. The molecule has 4 rings (SSSR count). The fourth-order valence-corrected chi connectivity index (χ4v) is 3.60. The number of aliphatic hydroxyl groups excluding tert-OH is 1. The first-order valence-corrected chi connectivity index (χ1v) is 10.6. The molecule has 3 N–H and O–H groups in total. The molecular weight excluding hydrogens is 444 g/mol. The van der Waals surface area contributed by atoms with Crippen LogP contribution < -0.4 is 10.6 Å². The van der Waals surface area contributed by atoms with E-state index in [0.29, 0.717) is 33.4 Å². The van der Waals surface area contributed by atoms with Crippen LogP contribution in [-0.4, -0.2) is 16.1 Å². The van der Waals surface area contributed by atoms with E-state index in [-0.39, 0.29) is 17.6 Å². The van der Waals surface area contributed by atoms with E-state index in [1.807, 2.05) is 42.5 Å². The zero-order chi connectivity index (χ0) is 22.5. The van der Waals surface area contributed by atoms with Crippen molar-refractivity contribution in [2.24, 2.45) is 0 Å². The van der Waals surface area contributed by atoms with Crippen molar-refractivity contribution in [3.05, 3.63) is 101 Å². The summed E-state index contributed by atoms with van der Waals surface area (Å²) in [5.74, 6) is 0.654. The fourth-order valence-electron chi connectivity index (χ4n) is 3.18. The summed E-state index contributed by atoms with van der Waals surface area (Å²) in [6.07, 6.45) is 0. The number of carbonyl (C=O) groups excluding carboxylic acids is 1. The van der Waals surface area contributed by atoms with Crippen molar-refractivity contribution in [2.45, 2.75) is 6.61 Å². The van der Waals surface area contributed by atoms with Crippen LogP contribution in [0.5, 0.6) is 0 Å². The van der Waals surface area contributed by atoms with E-state index in [1.165, 1.54) is 0 Å². The Morgan fingerprint density at radius 2 is 1.66 bits per heavy atom. The van der Waals surface area contributed by atoms with Gasteiger partial charge in [0.05, 0.1) is 5.02 Å². The molecule has 0 fully saturated rings. The Hall–Kier alpha value is -3.45. The highest BCUT2D eigenvalue weighted by Crippen LogP contribution is 2.32. The molecule has 0 aliphatic carbocycles. The number of halogens is 1. The summed E-state index contributed by atoms with van der Waals surface area (Å²) >= 11 is 11.6. The van der Waals surface area contributed by atoms with Gasteiger partial charge in [-0.3, -0.25) is 10.1 Å². The monoisotopic (exact) mass is 462 g/mol. The maximum atomic E-state index is 12.6. The van der Waals surface area contributed by atoms with Crippen LogP contribution in [0.15, 0.2) is 89.3 Å². The van der Waals surface area contributed by atoms with Crippen LogP contribution in [0.4, 0.5) is 5.69 Å². The van der Waals surface area contributed by atoms with Gasteiger partial charge in [-0.1, -0.05) is 54.1 Å². The molecule has 0 atom stereocenters. The highest BCUT2D eigenvalue weighted by Gasteiger charge is 2.12. The quantitative estimate of drug-likeness (QED) is 0.323. The van der Waals surface area contributed by atoms with E-state index >= 15 is 0 Å². The number of anilines is 1. The summed E-state index contributed by atoms with van der Waals surface area (Å²) in [6.45, 7) is -0.196. The minimum Gasteiger partial charge on any atom is -0.459 e. The van der Waals surface area contributed by atoms with E-state index in [4.69, 9.17) is 28.2 Å². The molecule has 0 unspecified atom stereocenters. The van der Waals surface area contributed by atoms with Gasteiger partial charge >= 0.3 is 0 Å². The smallest absolute Gasteiger partial charge is 0.257 e. The molecule has 1 heterocycles. The standard InChI is InChI=1S/C25H19ClN2O3S/c26-22-12-10-19(14-21(22)23-13-11-20(15-29)31-23)27-25(32)28-24(30)18-8-6-17(7-9-18)16-4-2-1-3-5-16/h1-14,29H,15H2,(H2,27,28,30,32). The van der Waals surface area contributed by atoms with Gasteiger partial charge in [-0.25, -0.2) is 0 Å². The molecule has 0 radical (unpaired) electrons. The fraction of sp³-hybridized carbons (Fsp3) is 0.0400. The molecule has 5 nitrogen and oxygen atoms in total. The molecule has 0 spiro atoms. The first kappa shape index (κ1) is 21.8. The van der Waals surface area contributed by atoms with Crippen molar-refractivity contribution in [1.29, 1.82) is 0 Å². The molecule has 0 saturated carbocycles. The van der Waals surface area contributed by atoms with Crippen molar-refractivity contribution in [3.63, 3.8) is 0 Å². The van der Waals surface area contributed by atoms with Gasteiger partial charge in [0.1, 0.15) is 18.1 Å². The molecule has 160 valence electrons. The Bertz CT molecular complexity index is 1250. The molecule has 0 bridgehead atoms. The summed E-state index contributed by atoms with van der Waals surface area (Å²) in [4.78, 5) is 12.6. The number of amides is 1. The van der Waals surface area contributed by atoms with Gasteiger partial charge in [0.2, 0.25) is 0 Å². The minimum atomic E-state index is -0.310. The lowest BCUT2D eigenvalue weighted by Crippen LogP contribution is -2.34. The number of nitrogens with one attached hydrogen (secondary N) is 2. The number of hydrogen-bond donors (Lipinski definition) is 3. The minimum absolute atomic E-state index is 0.158. The molecule has 3 aromatic carbocycles. The number of carbonyl (C=O) groups is 1. The average molecular weight is 463 g/mol. The van der Waals surface area contributed by atoms with Gasteiger partial charge in [-0.15, -0.1) is 0 Å². The Morgan fingerprint density at radius 3 is 2.34 bits per heavy atom. The summed E-state index contributed by atoms with van der Waals surface area (Å²) in [6, 6.07) is 25.9. The van der Waals surface area contributed by atoms with Crippen molar-refractivity contribution < 1.29 is 14.3 Å². The van der Waals surface area contributed by atoms with E-state index in [0.717, 1.165) is 11.1 Å². The normalized spacial score (nSPS) is 10.6. The molecule has 0 aliphatic rings. The van der Waals surface area contributed by atoms with E-state index in [9.17, 15) is 9.90 Å². The molecular formula is C25H19ClN2O3S. The number of benzene rings is 3. The lowest BCUT2D eigenvalue weighted by atomic mass is 10.0. The number of furan rings is 1. The second kappa shape index (κ2) is 9.78. The van der Waals surface area contributed by atoms with Crippen LogP contribution in [0.2, 0.25) is 5.02 Å². The summed E-state index contributed by atoms with van der Waals surface area (Å²) in [7, 11) is 0. The maximum absolute atomic E-state index is 12.6. The first-order valence-electron chi connectivity index (χ1n) is 9.81. The number of thiocarbonyl (C=S) groups is 1. The molecule has 4 aromatic rings. The van der Waals surface area contributed by atoms with Gasteiger partial charge in [0.15, 0.2) is 5.11 Å². The zero-order valence-corrected chi connectivity index (χ0v) is 18.4. The van der Waals surface area contributed by atoms with Crippen molar-refractivity contribution in [1.82, 2.24) is 5.32 Å². The Kier molecular flexibility index (Phi) is 6.66. The Balaban J connectivity index is 1.42. The average Bonchev–Trinajstić information content (AvgIpc) is 3.30. The summed E-state index contributed by atoms with van der Waals surface area (Å²) in [5, 5.41) is 15.5. The van der Waals surface area contributed by atoms with Gasteiger partial charge in [0.25, 0.3) is 5.91 Å². The molecule has 0 saturated heterocycles. The Labute approximate surface area is 195 Å². The largest absolute Gasteiger partial charge is 0.459 e. The number of hydrogen-bond acceptors (Lipinski definition) is 4. The Morgan fingerprint density at radius 1 is 0.938 bits per heavy atom. The third-order valence-electron chi connectivity index (χ3n) is 4.79. The second-order valence-corrected chi connectivity index (χ2v) is 7.79. The van der Waals surface area contributed by atoms with Crippen LogP contribution >= 0.6 is 23.8 Å². The highest BCUT2D eigenvalue weighted by atomic mass is 35.5. The van der Waals surface area contributed by atoms with Gasteiger partial charge in [-0.2, -0.15) is 0 Å². The van der Waals surface area contributed by atoms with Crippen LogP contribution in [0.3, 0.4) is 0 Å². The van der Waals surface area contributed by atoms with E-state index < -0.39 is 0 Å². The number of rotatable bonds is 5. The molecule has 32 heavy (non-hydrogen) atoms. The topological polar surface area (TPSA) is 74.5 Å². The van der Waals surface area contributed by atoms with Gasteiger partial charge in [-0.05, 0) is 65.8 Å².